The first kappa shape index (κ1) is 10.1. The Morgan fingerprint density at radius 1 is 1.29 bits per heavy atom. The summed E-state index contributed by atoms with van der Waals surface area (Å²) >= 11 is 0. The van der Waals surface area contributed by atoms with Gasteiger partial charge in [-0.05, 0) is 24.6 Å². The number of rotatable bonds is 0. The molecule has 0 saturated heterocycles. The molecule has 0 saturated carbocycles. The molecule has 84 valence electrons. The summed E-state index contributed by atoms with van der Waals surface area (Å²) in [4.78, 5) is 13.2. The van der Waals surface area contributed by atoms with E-state index >= 15 is 0 Å². The Morgan fingerprint density at radius 2 is 2.12 bits per heavy atom. The average molecular weight is 223 g/mol. The van der Waals surface area contributed by atoms with Gasteiger partial charge in [-0.2, -0.15) is 0 Å². The minimum atomic E-state index is 0.277. The van der Waals surface area contributed by atoms with E-state index in [0.717, 1.165) is 33.0 Å². The van der Waals surface area contributed by atoms with Crippen LogP contribution in [0.25, 0.3) is 17.1 Å². The molecule has 0 spiro atoms. The fourth-order valence-corrected chi connectivity index (χ4v) is 2.00. The van der Waals surface area contributed by atoms with Gasteiger partial charge in [0.25, 0.3) is 0 Å². The monoisotopic (exact) mass is 223 g/mol. The Labute approximate surface area is 99.3 Å². The second-order valence-electron chi connectivity index (χ2n) is 4.52. The number of pyridine rings is 2. The maximum Gasteiger partial charge on any atom is 0.161 e. The van der Waals surface area contributed by atoms with Crippen molar-refractivity contribution in [2.45, 2.75) is 13.8 Å². The quantitative estimate of drug-likeness (QED) is 0.679. The lowest BCUT2D eigenvalue weighted by Crippen LogP contribution is -2.32. The summed E-state index contributed by atoms with van der Waals surface area (Å²) < 4.78 is 0. The van der Waals surface area contributed by atoms with Crippen LogP contribution >= 0.6 is 0 Å². The van der Waals surface area contributed by atoms with Gasteiger partial charge in [0.1, 0.15) is 0 Å². The summed E-state index contributed by atoms with van der Waals surface area (Å²) in [7, 11) is 0. The summed E-state index contributed by atoms with van der Waals surface area (Å²) in [6.07, 6.45) is 3.98. The van der Waals surface area contributed by atoms with Crippen LogP contribution in [0.15, 0.2) is 35.6 Å². The third-order valence-corrected chi connectivity index (χ3v) is 3.02. The Kier molecular flexibility index (Phi) is 2.08. The van der Waals surface area contributed by atoms with Gasteiger partial charge in [-0.1, -0.05) is 19.6 Å². The van der Waals surface area contributed by atoms with Crippen molar-refractivity contribution in [1.29, 1.82) is 0 Å². The third-order valence-electron chi connectivity index (χ3n) is 3.02. The fraction of sp³-hybridized carbons (Fsp3) is 0.214. The second kappa shape index (κ2) is 3.48. The first-order valence-corrected chi connectivity index (χ1v) is 5.66. The third kappa shape index (κ3) is 1.64. The van der Waals surface area contributed by atoms with E-state index in [1.54, 1.807) is 0 Å². The van der Waals surface area contributed by atoms with Gasteiger partial charge in [0.15, 0.2) is 11.1 Å². The SMILES string of the molecule is C=C1N=c2nc3ncc(C)cc3cc2=CC1C. The molecule has 1 atom stereocenters. The van der Waals surface area contributed by atoms with Gasteiger partial charge in [0.2, 0.25) is 0 Å². The lowest BCUT2D eigenvalue weighted by Gasteiger charge is -2.10. The van der Waals surface area contributed by atoms with Gasteiger partial charge >= 0.3 is 0 Å². The van der Waals surface area contributed by atoms with E-state index in [4.69, 9.17) is 0 Å². The number of aromatic nitrogens is 2. The molecule has 3 nitrogen and oxygen atoms in total. The molecule has 1 aliphatic heterocycles. The summed E-state index contributed by atoms with van der Waals surface area (Å²) in [5, 5.41) is 2.14. The molecule has 3 heteroatoms. The minimum absolute atomic E-state index is 0.277. The highest BCUT2D eigenvalue weighted by Crippen LogP contribution is 2.13. The van der Waals surface area contributed by atoms with E-state index in [1.807, 2.05) is 13.1 Å². The maximum atomic E-state index is 4.47. The van der Waals surface area contributed by atoms with Crippen LogP contribution in [0, 0.1) is 12.8 Å². The van der Waals surface area contributed by atoms with Crippen molar-refractivity contribution in [3.8, 4) is 0 Å². The van der Waals surface area contributed by atoms with Gasteiger partial charge < -0.3 is 0 Å². The van der Waals surface area contributed by atoms with Crippen LogP contribution in [-0.4, -0.2) is 9.97 Å². The molecule has 3 rings (SSSR count). The number of fused-ring (bicyclic) bond motifs is 2. The van der Waals surface area contributed by atoms with E-state index in [2.05, 4.69) is 46.7 Å². The molecule has 0 fully saturated rings. The highest BCUT2D eigenvalue weighted by Gasteiger charge is 2.09. The Bertz CT molecular complexity index is 744. The van der Waals surface area contributed by atoms with Crippen LogP contribution in [0.5, 0.6) is 0 Å². The Hall–Kier alpha value is -2.03. The summed E-state index contributed by atoms with van der Waals surface area (Å²) in [6, 6.07) is 4.20. The molecule has 17 heavy (non-hydrogen) atoms. The summed E-state index contributed by atoms with van der Waals surface area (Å²) in [5.74, 6) is 0.277. The molecular formula is C14H13N3. The zero-order chi connectivity index (χ0) is 12.0. The van der Waals surface area contributed by atoms with Crippen molar-refractivity contribution in [3.05, 3.63) is 46.9 Å². The first-order chi connectivity index (χ1) is 8.13. The van der Waals surface area contributed by atoms with Gasteiger partial charge in [-0.25, -0.2) is 15.0 Å². The van der Waals surface area contributed by atoms with Crippen molar-refractivity contribution in [2.75, 3.05) is 0 Å². The van der Waals surface area contributed by atoms with Crippen molar-refractivity contribution >= 4 is 17.1 Å². The molecule has 0 radical (unpaired) electrons. The zero-order valence-corrected chi connectivity index (χ0v) is 9.94. The predicted octanol–water partition coefficient (Wildman–Crippen LogP) is 1.50. The molecular weight excluding hydrogens is 210 g/mol. The zero-order valence-electron chi connectivity index (χ0n) is 9.94. The Morgan fingerprint density at radius 3 is 2.94 bits per heavy atom. The van der Waals surface area contributed by atoms with Gasteiger partial charge in [0.05, 0.1) is 0 Å². The van der Waals surface area contributed by atoms with E-state index in [1.165, 1.54) is 0 Å². The fourth-order valence-electron chi connectivity index (χ4n) is 2.00. The topological polar surface area (TPSA) is 38.1 Å². The van der Waals surface area contributed by atoms with Gasteiger partial charge in [-0.3, -0.25) is 0 Å². The number of hydrogen-bond donors (Lipinski definition) is 0. The first-order valence-electron chi connectivity index (χ1n) is 5.66. The molecule has 0 aromatic carbocycles. The molecule has 3 heterocycles. The van der Waals surface area contributed by atoms with Crippen molar-refractivity contribution < 1.29 is 0 Å². The molecule has 0 bridgehead atoms. The summed E-state index contributed by atoms with van der Waals surface area (Å²) in [6.45, 7) is 8.05. The Balaban J connectivity index is 2.42. The van der Waals surface area contributed by atoms with Crippen LogP contribution in [0.1, 0.15) is 12.5 Å². The lowest BCUT2D eigenvalue weighted by atomic mass is 10.1. The molecule has 2 aromatic rings. The van der Waals surface area contributed by atoms with Crippen molar-refractivity contribution in [1.82, 2.24) is 9.97 Å². The smallest absolute Gasteiger partial charge is 0.161 e. The molecule has 2 aromatic heterocycles. The minimum Gasteiger partial charge on any atom is -0.236 e. The normalized spacial score (nSPS) is 18.5. The van der Waals surface area contributed by atoms with Gasteiger partial charge in [0, 0.05) is 28.4 Å². The van der Waals surface area contributed by atoms with Crippen LogP contribution in [0.3, 0.4) is 0 Å². The largest absolute Gasteiger partial charge is 0.236 e. The van der Waals surface area contributed by atoms with E-state index in [-0.39, 0.29) is 5.92 Å². The molecule has 0 aliphatic carbocycles. The second-order valence-corrected chi connectivity index (χ2v) is 4.52. The highest BCUT2D eigenvalue weighted by molar-refractivity contribution is 5.75. The number of nitrogens with zero attached hydrogens (tertiary/aromatic N) is 3. The molecule has 0 amide bonds. The average Bonchev–Trinajstić information content (AvgIpc) is 2.28. The number of allylic oxidation sites excluding steroid dienone is 1. The van der Waals surface area contributed by atoms with Crippen LogP contribution in [-0.2, 0) is 0 Å². The predicted molar refractivity (Wildman–Crippen MR) is 67.8 cm³/mol. The van der Waals surface area contributed by atoms with E-state index in [9.17, 15) is 0 Å². The highest BCUT2D eigenvalue weighted by atomic mass is 14.9. The molecule has 1 aliphatic rings. The van der Waals surface area contributed by atoms with E-state index in [0.29, 0.717) is 0 Å². The maximum absolute atomic E-state index is 4.47. The van der Waals surface area contributed by atoms with Crippen LogP contribution < -0.4 is 10.7 Å². The lowest BCUT2D eigenvalue weighted by molar-refractivity contribution is 0.849. The van der Waals surface area contributed by atoms with Crippen molar-refractivity contribution in [2.24, 2.45) is 10.9 Å². The molecule has 1 unspecified atom stereocenters. The van der Waals surface area contributed by atoms with Crippen LogP contribution in [0.2, 0.25) is 0 Å². The molecule has 0 N–H and O–H groups in total. The standard InChI is InChI=1S/C14H13N3/c1-8-4-11-6-12-5-9(2)10(3)16-14(12)17-13(11)15-7-8/h4-7,9H,3H2,1-2H3. The van der Waals surface area contributed by atoms with E-state index < -0.39 is 0 Å². The van der Waals surface area contributed by atoms with Crippen molar-refractivity contribution in [3.63, 3.8) is 0 Å². The summed E-state index contributed by atoms with van der Waals surface area (Å²) in [5.41, 5.74) is 3.48. The number of hydrogen-bond acceptors (Lipinski definition) is 3. The number of aryl methyl sites for hydroxylation is 1. The van der Waals surface area contributed by atoms with Gasteiger partial charge in [-0.15, -0.1) is 0 Å². The van der Waals surface area contributed by atoms with Crippen LogP contribution in [0.4, 0.5) is 0 Å².